The molecule has 115 heavy (non-hydrogen) atoms. The second kappa shape index (κ2) is 51.9. The summed E-state index contributed by atoms with van der Waals surface area (Å²) >= 11 is 9.71. The van der Waals surface area contributed by atoms with Crippen LogP contribution in [-0.2, 0) is 17.3 Å². The van der Waals surface area contributed by atoms with Crippen LogP contribution < -0.4 is 4.90 Å². The summed E-state index contributed by atoms with van der Waals surface area (Å²) in [6, 6.07) is 90.1. The maximum absolute atomic E-state index is 3.71. The van der Waals surface area contributed by atoms with Crippen LogP contribution in [-0.4, -0.2) is 0 Å². The van der Waals surface area contributed by atoms with Gasteiger partial charge in [-0.3, -0.25) is 0 Å². The summed E-state index contributed by atoms with van der Waals surface area (Å²) in [5.41, 5.74) is 23.9. The van der Waals surface area contributed by atoms with Crippen LogP contribution in [0.3, 0.4) is 0 Å². The molecule has 0 amide bonds. The second-order valence-corrected chi connectivity index (χ2v) is 37.1. The zero-order valence-corrected chi connectivity index (χ0v) is 76.8. The van der Waals surface area contributed by atoms with E-state index in [1.54, 1.807) is 22.3 Å². The smallest absolute Gasteiger partial charge is 0.0465 e. The van der Waals surface area contributed by atoms with Crippen molar-refractivity contribution in [3.8, 4) is 44.5 Å². The SMILES string of the molecule is Brc1ccc(Cc2ccc(-c3ccccc3)cc2)cc1.CCCCCCCCCCCCC1(CCCCCCCCCCCC)c2ccccc2-c2ccc(I)cc21.CCCCCCCCCCCCC1(CCCCCCCCCCCC)c2ccccc2-c2ccc(N(c3ccc(Br)cc3)c3ccc(-c4ccccc4)cc3)cc21. The largest absolute Gasteiger partial charge is 0.310 e. The lowest BCUT2D eigenvalue weighted by atomic mass is 9.70. The van der Waals surface area contributed by atoms with Crippen molar-refractivity contribution >= 4 is 71.5 Å². The zero-order valence-electron chi connectivity index (χ0n) is 71.5. The fourth-order valence-corrected chi connectivity index (χ4v) is 19.8. The minimum absolute atomic E-state index is 0.0464. The average Bonchev–Trinajstić information content (AvgIpc) is 1.58. The molecule has 10 aromatic carbocycles. The molecule has 0 bridgehead atoms. The quantitative estimate of drug-likeness (QED) is 0.0271. The van der Waals surface area contributed by atoms with Gasteiger partial charge in [0.05, 0.1) is 0 Å². The van der Waals surface area contributed by atoms with Crippen LogP contribution in [0.5, 0.6) is 0 Å². The Morgan fingerprint density at radius 1 is 0.235 bits per heavy atom. The molecular weight excluding hydrogens is 1630 g/mol. The molecule has 612 valence electrons. The highest BCUT2D eigenvalue weighted by Gasteiger charge is 2.44. The van der Waals surface area contributed by atoms with E-state index in [2.05, 4.69) is 324 Å². The molecule has 0 atom stereocenters. The van der Waals surface area contributed by atoms with Crippen molar-refractivity contribution in [1.82, 2.24) is 0 Å². The number of halogens is 3. The summed E-state index contributed by atoms with van der Waals surface area (Å²) in [6.45, 7) is 9.25. The Morgan fingerprint density at radius 2 is 0.496 bits per heavy atom. The van der Waals surface area contributed by atoms with Crippen LogP contribution in [0.4, 0.5) is 17.1 Å². The Labute approximate surface area is 730 Å². The molecule has 0 heterocycles. The first-order valence-corrected chi connectivity index (χ1v) is 49.1. The van der Waals surface area contributed by atoms with E-state index in [0.29, 0.717) is 0 Å². The predicted octanol–water partition coefficient (Wildman–Crippen LogP) is 37.4. The molecule has 0 aliphatic heterocycles. The molecule has 0 spiro atoms. The lowest BCUT2D eigenvalue weighted by molar-refractivity contribution is 0.396. The third-order valence-electron chi connectivity index (χ3n) is 25.3. The number of unbranched alkanes of at least 4 members (excludes halogenated alkanes) is 36. The van der Waals surface area contributed by atoms with Gasteiger partial charge in [-0.2, -0.15) is 0 Å². The van der Waals surface area contributed by atoms with Gasteiger partial charge < -0.3 is 4.90 Å². The molecule has 2 aliphatic rings. The van der Waals surface area contributed by atoms with Crippen molar-refractivity contribution < 1.29 is 0 Å². The van der Waals surface area contributed by atoms with Gasteiger partial charge in [0.1, 0.15) is 0 Å². The van der Waals surface area contributed by atoms with Crippen molar-refractivity contribution in [1.29, 1.82) is 0 Å². The van der Waals surface area contributed by atoms with Crippen LogP contribution in [0.2, 0.25) is 0 Å². The molecule has 0 radical (unpaired) electrons. The molecule has 12 rings (SSSR count). The van der Waals surface area contributed by atoms with E-state index in [-0.39, 0.29) is 10.8 Å². The van der Waals surface area contributed by atoms with Crippen LogP contribution in [0, 0.1) is 3.57 Å². The lowest BCUT2D eigenvalue weighted by Crippen LogP contribution is -2.26. The molecule has 2 aliphatic carbocycles. The summed E-state index contributed by atoms with van der Waals surface area (Å²) in [5.74, 6) is 0. The summed E-state index contributed by atoms with van der Waals surface area (Å²) < 4.78 is 3.62. The monoisotopic (exact) mass is 1770 g/mol. The predicted molar refractivity (Wildman–Crippen MR) is 521 cm³/mol. The Hall–Kier alpha value is -6.31. The van der Waals surface area contributed by atoms with Crippen molar-refractivity contribution in [2.24, 2.45) is 0 Å². The van der Waals surface area contributed by atoms with Crippen LogP contribution in [0.25, 0.3) is 44.5 Å². The van der Waals surface area contributed by atoms with Gasteiger partial charge in [-0.05, 0) is 205 Å². The molecular formula is C111H142Br2IN. The van der Waals surface area contributed by atoms with E-state index in [9.17, 15) is 0 Å². The summed E-state index contributed by atoms with van der Waals surface area (Å²) in [6.07, 6.45) is 62.0. The Bertz CT molecular complexity index is 4220. The number of rotatable bonds is 51. The number of fused-ring (bicyclic) bond motifs is 6. The number of hydrogen-bond donors (Lipinski definition) is 0. The summed E-state index contributed by atoms with van der Waals surface area (Å²) in [5, 5.41) is 0. The van der Waals surface area contributed by atoms with Crippen molar-refractivity contribution in [3.05, 3.63) is 289 Å². The third kappa shape index (κ3) is 28.4. The van der Waals surface area contributed by atoms with E-state index in [1.165, 1.54) is 359 Å². The zero-order chi connectivity index (χ0) is 80.2. The lowest BCUT2D eigenvalue weighted by Gasteiger charge is -2.34. The minimum atomic E-state index is 0.0464. The molecule has 1 nitrogen and oxygen atoms in total. The highest BCUT2D eigenvalue weighted by molar-refractivity contribution is 14.1. The molecule has 0 saturated carbocycles. The van der Waals surface area contributed by atoms with E-state index in [1.807, 2.05) is 6.07 Å². The highest BCUT2D eigenvalue weighted by Crippen LogP contribution is 2.57. The molecule has 0 aromatic heterocycles. The summed E-state index contributed by atoms with van der Waals surface area (Å²) in [4.78, 5) is 2.47. The van der Waals surface area contributed by atoms with E-state index >= 15 is 0 Å². The van der Waals surface area contributed by atoms with Gasteiger partial charge in [-0.25, -0.2) is 0 Å². The second-order valence-electron chi connectivity index (χ2n) is 34.0. The first kappa shape index (κ1) is 91.0. The summed E-state index contributed by atoms with van der Waals surface area (Å²) in [7, 11) is 0. The Morgan fingerprint density at radius 3 is 0.861 bits per heavy atom. The minimum Gasteiger partial charge on any atom is -0.310 e. The maximum atomic E-state index is 3.71. The van der Waals surface area contributed by atoms with Gasteiger partial charge in [0.25, 0.3) is 0 Å². The number of nitrogens with zero attached hydrogens (tertiary/aromatic N) is 1. The van der Waals surface area contributed by atoms with E-state index in [4.69, 9.17) is 0 Å². The average molecular weight is 1780 g/mol. The molecule has 0 N–H and O–H groups in total. The fraction of sp³-hybridized carbons (Fsp3) is 0.459. The topological polar surface area (TPSA) is 3.24 Å². The number of anilines is 3. The molecule has 0 fully saturated rings. The highest BCUT2D eigenvalue weighted by atomic mass is 127. The van der Waals surface area contributed by atoms with Gasteiger partial charge >= 0.3 is 0 Å². The van der Waals surface area contributed by atoms with Crippen molar-refractivity contribution in [2.75, 3.05) is 4.90 Å². The van der Waals surface area contributed by atoms with Gasteiger partial charge in [0.15, 0.2) is 0 Å². The van der Waals surface area contributed by atoms with Gasteiger partial charge in [0, 0.05) is 40.4 Å². The fourth-order valence-electron chi connectivity index (χ4n) is 18.7. The number of benzene rings is 10. The van der Waals surface area contributed by atoms with Crippen molar-refractivity contribution in [2.45, 2.75) is 327 Å². The van der Waals surface area contributed by atoms with Crippen LogP contribution in [0.1, 0.15) is 344 Å². The molecule has 10 aromatic rings. The van der Waals surface area contributed by atoms with E-state index < -0.39 is 0 Å². The standard InChI is InChI=1S/C55H70BrN.C37H57I.C19H15Br/c1-3-5-7-9-11-13-15-17-19-26-42-55(43-27-20-18-16-14-12-10-8-6-4-2)53-31-25-24-30-51(53)52-41-40-50(44-54(52)55)57(49-38-34-47(56)35-39-49)48-36-32-46(33-37-48)45-28-22-21-23-29-45;1-3-5-7-9-11-13-15-17-19-23-29-37(30-24-20-18-16-14-12-10-8-6-4-2)35-26-22-21-25-33(35)34-28-27-32(38)31-36(34)37;20-19-12-8-16(9-13-19)14-15-6-10-18(11-7-15)17-4-2-1-3-5-17/h21-25,28-41,44H,3-20,26-27,42-43H2,1-2H3;21-22,25-28,31H,3-20,23-24,29-30H2,1-2H3;1-13H,14H2. The normalized spacial score (nSPS) is 12.6. The maximum Gasteiger partial charge on any atom is 0.0465 e. The molecule has 0 saturated heterocycles. The van der Waals surface area contributed by atoms with E-state index in [0.717, 1.165) is 15.4 Å². The Balaban J connectivity index is 0.000000205. The van der Waals surface area contributed by atoms with Gasteiger partial charge in [0.2, 0.25) is 0 Å². The van der Waals surface area contributed by atoms with Gasteiger partial charge in [-0.1, -0.05) is 486 Å². The van der Waals surface area contributed by atoms with Gasteiger partial charge in [-0.15, -0.1) is 0 Å². The first-order valence-electron chi connectivity index (χ1n) is 46.4. The Kier molecular flexibility index (Phi) is 41.1. The third-order valence-corrected chi connectivity index (χ3v) is 27.0. The molecule has 4 heteroatoms. The van der Waals surface area contributed by atoms with Crippen LogP contribution >= 0.6 is 54.5 Å². The van der Waals surface area contributed by atoms with Crippen molar-refractivity contribution in [3.63, 3.8) is 0 Å². The van der Waals surface area contributed by atoms with Crippen LogP contribution in [0.15, 0.2) is 252 Å². The molecule has 0 unspecified atom stereocenters. The number of hydrogen-bond acceptors (Lipinski definition) is 1. The first-order chi connectivity index (χ1) is 56.7.